The van der Waals surface area contributed by atoms with Crippen LogP contribution >= 0.6 is 0 Å². The van der Waals surface area contributed by atoms with Crippen LogP contribution in [0.2, 0.25) is 0 Å². The number of carbonyl (C=O) groups excluding carboxylic acids is 1. The third-order valence-corrected chi connectivity index (χ3v) is 6.74. The van der Waals surface area contributed by atoms with Gasteiger partial charge in [0.25, 0.3) is 0 Å². The molecule has 212 valence electrons. The molecule has 5 atom stereocenters. The van der Waals surface area contributed by atoms with Crippen molar-refractivity contribution in [1.82, 2.24) is 0 Å². The standard InChI is InChI=1S/C30H26O11/c31-14-24-27(37)28(38)30(41-25(36)10-3-15-1-6-18(32)7-2-15)29(40-24)17-11-20(34)26-21(35)13-22(39-23(26)12-17)16-4-8-19(33)9-5-16/h1-13,24,27-34,37-38H,14H2/b10-3+/t24-,27-,28+,29+,30-/m1/s1. The monoisotopic (exact) mass is 562 g/mol. The lowest BCUT2D eigenvalue weighted by Gasteiger charge is -2.41. The summed E-state index contributed by atoms with van der Waals surface area (Å²) in [6.07, 6.45) is -4.84. The first-order valence-corrected chi connectivity index (χ1v) is 12.5. The summed E-state index contributed by atoms with van der Waals surface area (Å²) in [7, 11) is 0. The molecule has 1 aromatic heterocycles. The highest BCUT2D eigenvalue weighted by atomic mass is 16.6. The molecule has 0 amide bonds. The zero-order valence-electron chi connectivity index (χ0n) is 21.3. The molecule has 2 heterocycles. The fraction of sp³-hybridized carbons (Fsp3) is 0.200. The highest BCUT2D eigenvalue weighted by molar-refractivity contribution is 5.87. The lowest BCUT2D eigenvalue weighted by Crippen LogP contribution is -2.56. The summed E-state index contributed by atoms with van der Waals surface area (Å²) < 4.78 is 17.2. The number of aromatic hydroxyl groups is 3. The third kappa shape index (κ3) is 5.79. The summed E-state index contributed by atoms with van der Waals surface area (Å²) >= 11 is 0. The van der Waals surface area contributed by atoms with E-state index in [1.54, 1.807) is 12.1 Å². The van der Waals surface area contributed by atoms with E-state index in [0.29, 0.717) is 11.1 Å². The van der Waals surface area contributed by atoms with Gasteiger partial charge in [-0.2, -0.15) is 0 Å². The van der Waals surface area contributed by atoms with Crippen molar-refractivity contribution in [3.05, 3.63) is 94.2 Å². The van der Waals surface area contributed by atoms with Gasteiger partial charge < -0.3 is 44.5 Å². The Balaban J connectivity index is 1.51. The molecule has 3 aromatic carbocycles. The molecule has 0 radical (unpaired) electrons. The average Bonchev–Trinajstić information content (AvgIpc) is 2.95. The summed E-state index contributed by atoms with van der Waals surface area (Å²) in [5, 5.41) is 60.7. The Bertz CT molecular complexity index is 1640. The number of ether oxygens (including phenoxy) is 2. The number of fused-ring (bicyclic) bond motifs is 1. The van der Waals surface area contributed by atoms with E-state index in [1.165, 1.54) is 60.7 Å². The predicted octanol–water partition coefficient (Wildman–Crippen LogP) is 2.36. The molecule has 4 aromatic rings. The van der Waals surface area contributed by atoms with Gasteiger partial charge in [-0.1, -0.05) is 12.1 Å². The van der Waals surface area contributed by atoms with Crippen molar-refractivity contribution in [3.63, 3.8) is 0 Å². The molecule has 1 aliphatic rings. The number of hydrogen-bond acceptors (Lipinski definition) is 11. The summed E-state index contributed by atoms with van der Waals surface area (Å²) in [6.45, 7) is -0.671. The minimum absolute atomic E-state index is 0.0175. The second-order valence-corrected chi connectivity index (χ2v) is 9.52. The number of phenolic OH excluding ortho intramolecular Hbond substituents is 3. The number of aliphatic hydroxyl groups is 3. The predicted molar refractivity (Wildman–Crippen MR) is 145 cm³/mol. The molecule has 0 bridgehead atoms. The molecular formula is C30H26O11. The molecule has 41 heavy (non-hydrogen) atoms. The van der Waals surface area contributed by atoms with Crippen molar-refractivity contribution >= 4 is 23.0 Å². The molecule has 0 saturated carbocycles. The molecule has 1 aliphatic heterocycles. The smallest absolute Gasteiger partial charge is 0.331 e. The maximum Gasteiger partial charge on any atom is 0.331 e. The van der Waals surface area contributed by atoms with E-state index < -0.39 is 54.3 Å². The van der Waals surface area contributed by atoms with Crippen LogP contribution in [0.25, 0.3) is 28.4 Å². The van der Waals surface area contributed by atoms with Gasteiger partial charge in [0, 0.05) is 17.7 Å². The van der Waals surface area contributed by atoms with E-state index in [0.717, 1.165) is 6.08 Å². The van der Waals surface area contributed by atoms with Gasteiger partial charge in [0.1, 0.15) is 58.4 Å². The quantitative estimate of drug-likeness (QED) is 0.150. The average molecular weight is 563 g/mol. The van der Waals surface area contributed by atoms with Crippen molar-refractivity contribution in [2.24, 2.45) is 0 Å². The molecular weight excluding hydrogens is 536 g/mol. The number of rotatable bonds is 6. The lowest BCUT2D eigenvalue weighted by molar-refractivity contribution is -0.239. The highest BCUT2D eigenvalue weighted by Crippen LogP contribution is 2.38. The van der Waals surface area contributed by atoms with Crippen LogP contribution in [0.5, 0.6) is 17.2 Å². The Morgan fingerprint density at radius 1 is 0.902 bits per heavy atom. The van der Waals surface area contributed by atoms with E-state index in [1.807, 2.05) is 0 Å². The van der Waals surface area contributed by atoms with Gasteiger partial charge in [-0.3, -0.25) is 4.79 Å². The first kappa shape index (κ1) is 27.9. The molecule has 0 aliphatic carbocycles. The van der Waals surface area contributed by atoms with Crippen molar-refractivity contribution in [2.75, 3.05) is 6.61 Å². The van der Waals surface area contributed by atoms with E-state index in [9.17, 15) is 40.2 Å². The number of aliphatic hydroxyl groups excluding tert-OH is 3. The van der Waals surface area contributed by atoms with Crippen molar-refractivity contribution in [2.45, 2.75) is 30.5 Å². The first-order valence-electron chi connectivity index (χ1n) is 12.5. The summed E-state index contributed by atoms with van der Waals surface area (Å²) in [4.78, 5) is 25.6. The zero-order valence-corrected chi connectivity index (χ0v) is 21.3. The fourth-order valence-electron chi connectivity index (χ4n) is 4.63. The van der Waals surface area contributed by atoms with Crippen LogP contribution in [0.4, 0.5) is 0 Å². The van der Waals surface area contributed by atoms with E-state index >= 15 is 0 Å². The third-order valence-electron chi connectivity index (χ3n) is 6.74. The number of esters is 1. The minimum Gasteiger partial charge on any atom is -0.508 e. The fourth-order valence-corrected chi connectivity index (χ4v) is 4.63. The number of benzene rings is 3. The van der Waals surface area contributed by atoms with Crippen LogP contribution in [-0.2, 0) is 14.3 Å². The van der Waals surface area contributed by atoms with Crippen LogP contribution in [-0.4, -0.2) is 67.6 Å². The summed E-state index contributed by atoms with van der Waals surface area (Å²) in [6, 6.07) is 15.7. The van der Waals surface area contributed by atoms with Crippen molar-refractivity contribution in [3.8, 4) is 28.6 Å². The lowest BCUT2D eigenvalue weighted by atomic mass is 9.90. The first-order chi connectivity index (χ1) is 19.6. The normalized spacial score (nSPS) is 22.7. The largest absolute Gasteiger partial charge is 0.508 e. The molecule has 0 spiro atoms. The SMILES string of the molecule is O=C(/C=C/c1ccc(O)cc1)O[C@@H]1[C@@H](O)[C@H](O)[C@@H](CO)O[C@H]1c1cc(O)c2c(=O)cc(-c3ccc(O)cc3)oc2c1. The van der Waals surface area contributed by atoms with Gasteiger partial charge in [-0.25, -0.2) is 4.79 Å². The second kappa shape index (κ2) is 11.4. The minimum atomic E-state index is -1.69. The maximum absolute atomic E-state index is 12.9. The Kier molecular flexibility index (Phi) is 7.77. The number of phenols is 3. The Morgan fingerprint density at radius 2 is 1.56 bits per heavy atom. The molecule has 1 saturated heterocycles. The molecule has 0 unspecified atom stereocenters. The molecule has 1 fully saturated rings. The molecule has 11 heteroatoms. The number of carbonyl (C=O) groups is 1. The molecule has 11 nitrogen and oxygen atoms in total. The van der Waals surface area contributed by atoms with E-state index in [-0.39, 0.29) is 33.8 Å². The highest BCUT2D eigenvalue weighted by Gasteiger charge is 2.47. The topological polar surface area (TPSA) is 187 Å². The summed E-state index contributed by atoms with van der Waals surface area (Å²) in [5.41, 5.74) is 0.597. The van der Waals surface area contributed by atoms with Gasteiger partial charge in [0.2, 0.25) is 0 Å². The Labute approximate surface area is 232 Å². The van der Waals surface area contributed by atoms with Gasteiger partial charge in [0.15, 0.2) is 11.5 Å². The van der Waals surface area contributed by atoms with Crippen LogP contribution in [0, 0.1) is 0 Å². The van der Waals surface area contributed by atoms with E-state index in [4.69, 9.17) is 13.9 Å². The van der Waals surface area contributed by atoms with Crippen molar-refractivity contribution in [1.29, 1.82) is 0 Å². The van der Waals surface area contributed by atoms with Crippen LogP contribution in [0.15, 0.2) is 82.0 Å². The zero-order chi connectivity index (χ0) is 29.3. The van der Waals surface area contributed by atoms with Gasteiger partial charge in [0.05, 0.1) is 6.61 Å². The van der Waals surface area contributed by atoms with Gasteiger partial charge >= 0.3 is 5.97 Å². The second-order valence-electron chi connectivity index (χ2n) is 9.52. The van der Waals surface area contributed by atoms with Crippen LogP contribution < -0.4 is 5.43 Å². The number of hydrogen-bond donors (Lipinski definition) is 6. The Hall–Kier alpha value is -4.68. The molecule has 6 N–H and O–H groups in total. The van der Waals surface area contributed by atoms with Gasteiger partial charge in [-0.05, 0) is 65.7 Å². The maximum atomic E-state index is 12.9. The Morgan fingerprint density at radius 3 is 2.22 bits per heavy atom. The van der Waals surface area contributed by atoms with Crippen LogP contribution in [0.3, 0.4) is 0 Å². The van der Waals surface area contributed by atoms with Gasteiger partial charge in [-0.15, -0.1) is 0 Å². The van der Waals surface area contributed by atoms with Crippen molar-refractivity contribution < 1.29 is 49.3 Å². The summed E-state index contributed by atoms with van der Waals surface area (Å²) in [5.74, 6) is -1.15. The van der Waals surface area contributed by atoms with E-state index in [2.05, 4.69) is 0 Å². The molecule has 5 rings (SSSR count). The van der Waals surface area contributed by atoms with Crippen LogP contribution in [0.1, 0.15) is 17.2 Å².